The van der Waals surface area contributed by atoms with Gasteiger partial charge in [-0.2, -0.15) is 18.4 Å². The van der Waals surface area contributed by atoms with Gasteiger partial charge in [0.25, 0.3) is 0 Å². The molecule has 2 saturated carbocycles. The van der Waals surface area contributed by atoms with E-state index in [2.05, 4.69) is 10.3 Å². The zero-order chi connectivity index (χ0) is 29.3. The summed E-state index contributed by atoms with van der Waals surface area (Å²) >= 11 is 11.7. The van der Waals surface area contributed by atoms with Crippen LogP contribution in [0.15, 0.2) is 36.6 Å². The number of amides is 2. The molecule has 8 nitrogen and oxygen atoms in total. The van der Waals surface area contributed by atoms with Crippen molar-refractivity contribution in [2.75, 3.05) is 6.54 Å². The summed E-state index contributed by atoms with van der Waals surface area (Å²) in [6, 6.07) is 1.50. The van der Waals surface area contributed by atoms with E-state index in [4.69, 9.17) is 23.2 Å². The summed E-state index contributed by atoms with van der Waals surface area (Å²) in [6.45, 7) is -0.630. The number of halogens is 6. The van der Waals surface area contributed by atoms with E-state index < -0.39 is 79.0 Å². The fourth-order valence-electron chi connectivity index (χ4n) is 5.34. The number of nitrogens with one attached hydrogen (secondary N) is 1. The second-order valence-corrected chi connectivity index (χ2v) is 14.0. The third-order valence-corrected chi connectivity index (χ3v) is 11.4. The molecule has 1 N–H and O–H groups in total. The van der Waals surface area contributed by atoms with Gasteiger partial charge in [-0.15, -0.1) is 11.6 Å². The lowest BCUT2D eigenvalue weighted by Gasteiger charge is -2.35. The Balaban J connectivity index is 1.50. The van der Waals surface area contributed by atoms with Crippen molar-refractivity contribution in [2.45, 2.75) is 70.7 Å². The van der Waals surface area contributed by atoms with Crippen molar-refractivity contribution >= 4 is 44.9 Å². The van der Waals surface area contributed by atoms with Gasteiger partial charge in [0.05, 0.1) is 27.5 Å². The number of hydrogen-bond donors (Lipinski definition) is 1. The first-order chi connectivity index (χ1) is 18.6. The van der Waals surface area contributed by atoms with E-state index in [1.54, 1.807) is 0 Å². The van der Waals surface area contributed by atoms with Gasteiger partial charge in [-0.3, -0.25) is 14.6 Å². The Morgan fingerprint density at radius 3 is 2.42 bits per heavy atom. The number of sulfone groups is 1. The zero-order valence-corrected chi connectivity index (χ0v) is 22.9. The molecule has 15 heteroatoms. The monoisotopic (exact) mass is 620 g/mol. The summed E-state index contributed by atoms with van der Waals surface area (Å²) in [5.41, 5.74) is -2.88. The van der Waals surface area contributed by atoms with Crippen molar-refractivity contribution in [3.8, 4) is 6.07 Å². The van der Waals surface area contributed by atoms with Crippen LogP contribution in [0, 0.1) is 17.1 Å². The topological polar surface area (TPSA) is 120 Å². The van der Waals surface area contributed by atoms with Gasteiger partial charge in [-0.25, -0.2) is 12.8 Å². The summed E-state index contributed by atoms with van der Waals surface area (Å²) in [5.74, 6) is -2.47. The molecule has 1 aromatic rings. The van der Waals surface area contributed by atoms with Gasteiger partial charge in [0, 0.05) is 12.7 Å². The minimum Gasteiger partial charge on any atom is -0.336 e. The highest BCUT2D eigenvalue weighted by Crippen LogP contribution is 2.52. The fourth-order valence-corrected chi connectivity index (χ4v) is 8.24. The predicted octanol–water partition coefficient (Wildman–Crippen LogP) is 3.50. The molecule has 0 spiro atoms. The number of allylic oxidation sites excluding steroid dienone is 3. The standard InChI is InChI=1S/C25H22Cl2F4N4O4S/c26-14-9-16(28)19(33-11-14)23(7-8-23)21(37)35-12-15(10-17(35)20(36)34-22(13-32)5-6-22)40(38,39)18-3-1-2-4-24(18,27)25(29,30)31/h1-4,9,11,15,17-18H,5-8,10,12H2,(H,34,36)/t15-,17+,18?,24?/m1/s1. The number of aromatic nitrogens is 1. The van der Waals surface area contributed by atoms with E-state index in [0.717, 1.165) is 35.4 Å². The van der Waals surface area contributed by atoms with E-state index in [0.29, 0.717) is 18.9 Å². The van der Waals surface area contributed by atoms with Gasteiger partial charge in [0.2, 0.25) is 11.8 Å². The fraction of sp³-hybridized carbons (Fsp3) is 0.520. The van der Waals surface area contributed by atoms with E-state index >= 15 is 0 Å². The summed E-state index contributed by atoms with van der Waals surface area (Å²) in [7, 11) is -4.76. The molecule has 2 amide bonds. The summed E-state index contributed by atoms with van der Waals surface area (Å²) < 4.78 is 84.1. The van der Waals surface area contributed by atoms with Crippen LogP contribution < -0.4 is 5.32 Å². The van der Waals surface area contributed by atoms with Crippen LogP contribution in [-0.4, -0.2) is 69.8 Å². The number of carbonyl (C=O) groups is 2. The first-order valence-electron chi connectivity index (χ1n) is 12.3. The highest BCUT2D eigenvalue weighted by atomic mass is 35.5. The number of carbonyl (C=O) groups excluding carboxylic acids is 2. The smallest absolute Gasteiger partial charge is 0.336 e. The molecule has 0 bridgehead atoms. The molecule has 2 unspecified atom stereocenters. The molecule has 40 heavy (non-hydrogen) atoms. The zero-order valence-electron chi connectivity index (χ0n) is 20.6. The van der Waals surface area contributed by atoms with Crippen LogP contribution in [-0.2, 0) is 24.8 Å². The molecule has 4 atom stereocenters. The van der Waals surface area contributed by atoms with Crippen molar-refractivity contribution in [1.29, 1.82) is 5.26 Å². The summed E-state index contributed by atoms with van der Waals surface area (Å²) in [6.07, 6.45) is -0.0135. The molecule has 214 valence electrons. The number of rotatable bonds is 6. The molecule has 1 aliphatic heterocycles. The number of likely N-dealkylation sites (tertiary alicyclic amines) is 1. The number of pyridine rings is 1. The van der Waals surface area contributed by atoms with Crippen LogP contribution in [0.25, 0.3) is 0 Å². The van der Waals surface area contributed by atoms with Gasteiger partial charge in [-0.05, 0) is 38.2 Å². The number of nitriles is 1. The molecular formula is C25H22Cl2F4N4O4S. The van der Waals surface area contributed by atoms with E-state index in [1.807, 2.05) is 6.07 Å². The second-order valence-electron chi connectivity index (χ2n) is 10.6. The predicted molar refractivity (Wildman–Crippen MR) is 135 cm³/mol. The van der Waals surface area contributed by atoms with Crippen molar-refractivity contribution in [1.82, 2.24) is 15.2 Å². The van der Waals surface area contributed by atoms with Gasteiger partial charge >= 0.3 is 6.18 Å². The first kappa shape index (κ1) is 28.8. The van der Waals surface area contributed by atoms with Crippen molar-refractivity contribution in [3.63, 3.8) is 0 Å². The molecular weight excluding hydrogens is 599 g/mol. The van der Waals surface area contributed by atoms with Crippen LogP contribution in [0.1, 0.15) is 37.8 Å². The average Bonchev–Trinajstić information content (AvgIpc) is 3.79. The normalized spacial score (nSPS) is 30.0. The van der Waals surface area contributed by atoms with Gasteiger partial charge in [0.1, 0.15) is 22.6 Å². The lowest BCUT2D eigenvalue weighted by molar-refractivity contribution is -0.148. The lowest BCUT2D eigenvalue weighted by atomic mass is 9.98. The highest BCUT2D eigenvalue weighted by Gasteiger charge is 2.64. The van der Waals surface area contributed by atoms with Crippen LogP contribution in [0.3, 0.4) is 0 Å². The van der Waals surface area contributed by atoms with Crippen LogP contribution in [0.4, 0.5) is 17.6 Å². The maximum atomic E-state index is 14.8. The second kappa shape index (κ2) is 9.42. The molecule has 0 aromatic carbocycles. The molecule has 3 aliphatic carbocycles. The van der Waals surface area contributed by atoms with Crippen LogP contribution in [0.2, 0.25) is 5.02 Å². The maximum Gasteiger partial charge on any atom is 0.412 e. The molecule has 0 radical (unpaired) electrons. The molecule has 1 aromatic heterocycles. The maximum absolute atomic E-state index is 14.8. The van der Waals surface area contributed by atoms with E-state index in [1.165, 1.54) is 0 Å². The van der Waals surface area contributed by atoms with Crippen molar-refractivity contribution in [3.05, 3.63) is 53.1 Å². The molecule has 4 aliphatic rings. The molecule has 2 heterocycles. The summed E-state index contributed by atoms with van der Waals surface area (Å²) in [5, 5.41) is 8.11. The van der Waals surface area contributed by atoms with Crippen LogP contribution in [0.5, 0.6) is 0 Å². The SMILES string of the molecule is N#CC1(NC(=O)[C@@H]2C[C@@H](S(=O)(=O)C3C=CC=CC3(Cl)C(F)(F)F)CN2C(=O)C2(c3ncc(Cl)cc3F)CC2)CC1. The summed E-state index contributed by atoms with van der Waals surface area (Å²) in [4.78, 5) is 28.9. The highest BCUT2D eigenvalue weighted by molar-refractivity contribution is 7.93. The van der Waals surface area contributed by atoms with Gasteiger partial charge in [0.15, 0.2) is 14.7 Å². The third-order valence-electron chi connectivity index (χ3n) is 7.98. The van der Waals surface area contributed by atoms with E-state index in [9.17, 15) is 40.8 Å². The Labute approximate surface area is 236 Å². The Kier molecular flexibility index (Phi) is 6.79. The Hall–Kier alpha value is -2.69. The third kappa shape index (κ3) is 4.58. The van der Waals surface area contributed by atoms with E-state index in [-0.39, 0.29) is 23.6 Å². The van der Waals surface area contributed by atoms with Crippen molar-refractivity contribution in [2.24, 2.45) is 0 Å². The number of alkyl halides is 4. The molecule has 5 rings (SSSR count). The Morgan fingerprint density at radius 2 is 1.88 bits per heavy atom. The van der Waals surface area contributed by atoms with Gasteiger partial charge in [-0.1, -0.05) is 35.9 Å². The van der Waals surface area contributed by atoms with Crippen LogP contribution >= 0.6 is 23.2 Å². The Morgan fingerprint density at radius 1 is 1.20 bits per heavy atom. The number of hydrogen-bond acceptors (Lipinski definition) is 6. The minimum absolute atomic E-state index is 0.0101. The minimum atomic E-state index is -5.14. The molecule has 1 saturated heterocycles. The first-order valence-corrected chi connectivity index (χ1v) is 14.7. The molecule has 3 fully saturated rings. The largest absolute Gasteiger partial charge is 0.412 e. The lowest BCUT2D eigenvalue weighted by Crippen LogP contribution is -2.54. The quantitative estimate of drug-likeness (QED) is 0.384. The number of nitrogens with zero attached hydrogens (tertiary/aromatic N) is 3. The average molecular weight is 621 g/mol. The van der Waals surface area contributed by atoms with Crippen molar-refractivity contribution < 1.29 is 35.6 Å². The van der Waals surface area contributed by atoms with Gasteiger partial charge < -0.3 is 10.2 Å². The Bertz CT molecular complexity index is 1480.